The Hall–Kier alpha value is -3.58. The zero-order valence-electron chi connectivity index (χ0n) is 23.4. The van der Waals surface area contributed by atoms with Gasteiger partial charge in [-0.15, -0.1) is 12.4 Å². The second kappa shape index (κ2) is 13.8. The van der Waals surface area contributed by atoms with E-state index in [1.54, 1.807) is 51.1 Å². The van der Waals surface area contributed by atoms with Crippen molar-refractivity contribution in [2.75, 3.05) is 10.5 Å². The number of fused-ring (bicyclic) bond motifs is 1. The van der Waals surface area contributed by atoms with E-state index in [0.717, 1.165) is 12.1 Å². The van der Waals surface area contributed by atoms with Crippen molar-refractivity contribution in [1.82, 2.24) is 9.55 Å². The van der Waals surface area contributed by atoms with Crippen molar-refractivity contribution in [3.8, 4) is 11.1 Å². The van der Waals surface area contributed by atoms with Crippen LogP contribution in [0.4, 0.5) is 14.5 Å². The van der Waals surface area contributed by atoms with Gasteiger partial charge < -0.3 is 10.5 Å². The minimum absolute atomic E-state index is 0. The molecule has 0 fully saturated rings. The average molecular weight is 656 g/mol. The molecule has 0 saturated carbocycles. The van der Waals surface area contributed by atoms with Crippen LogP contribution in [0.3, 0.4) is 0 Å². The van der Waals surface area contributed by atoms with Gasteiger partial charge in [0.15, 0.2) is 12.5 Å². The van der Waals surface area contributed by atoms with E-state index in [9.17, 15) is 22.4 Å². The third kappa shape index (κ3) is 7.50. The molecule has 0 spiro atoms. The Bertz CT molecular complexity index is 1760. The Morgan fingerprint density at radius 3 is 2.42 bits per heavy atom. The number of pyridine rings is 1. The fourth-order valence-corrected chi connectivity index (χ4v) is 5.47. The van der Waals surface area contributed by atoms with E-state index in [0.29, 0.717) is 16.1 Å². The number of carbonyl (C=O) groups is 2. The summed E-state index contributed by atoms with van der Waals surface area (Å²) in [5.41, 5.74) is 5.69. The van der Waals surface area contributed by atoms with Crippen LogP contribution in [0.5, 0.6) is 0 Å². The van der Waals surface area contributed by atoms with Crippen molar-refractivity contribution in [3.63, 3.8) is 0 Å². The summed E-state index contributed by atoms with van der Waals surface area (Å²) < 4.78 is 63.8. The average Bonchev–Trinajstić information content (AvgIpc) is 3.31. The van der Waals surface area contributed by atoms with Crippen LogP contribution in [-0.4, -0.2) is 41.5 Å². The molecular weight excluding hydrogens is 625 g/mol. The van der Waals surface area contributed by atoms with E-state index in [2.05, 4.69) is 9.71 Å². The van der Waals surface area contributed by atoms with Gasteiger partial charge in [0.25, 0.3) is 0 Å². The Kier molecular flexibility index (Phi) is 10.9. The van der Waals surface area contributed by atoms with Crippen LogP contribution < -0.4 is 10.5 Å². The number of nitrogens with zero attached hydrogens (tertiary/aromatic N) is 2. The van der Waals surface area contributed by atoms with Gasteiger partial charge in [-0.3, -0.25) is 18.9 Å². The largest absolute Gasteiger partial charge is 0.443 e. The lowest BCUT2D eigenvalue weighted by Gasteiger charge is -2.15. The van der Waals surface area contributed by atoms with Crippen molar-refractivity contribution in [3.05, 3.63) is 82.6 Å². The molecule has 1 atom stereocenters. The predicted octanol–water partition coefficient (Wildman–Crippen LogP) is 5.92. The lowest BCUT2D eigenvalue weighted by atomic mass is 10.00. The van der Waals surface area contributed by atoms with Crippen molar-refractivity contribution < 1.29 is 31.5 Å². The van der Waals surface area contributed by atoms with Crippen molar-refractivity contribution >= 4 is 62.5 Å². The minimum Gasteiger partial charge on any atom is -0.443 e. The Balaban J connectivity index is 0.00000506. The standard InChI is InChI=1S/C29H29ClF2N4O5S.ClH/c1-4-11-42(39,40)35-23-10-9-22(31)24(25(23)32)27(37)21-14-36(15-41-29(38)26(33)16(2)3)28-20(21)12-18(13-34-28)17-5-7-19(30)8-6-17;/h5-10,12-14,16,26,35H,4,11,15,33H2,1-3H3;1H. The lowest BCUT2D eigenvalue weighted by molar-refractivity contribution is -0.150. The van der Waals surface area contributed by atoms with Crippen LogP contribution in [0.1, 0.15) is 43.1 Å². The number of hydrogen-bond acceptors (Lipinski definition) is 7. The zero-order chi connectivity index (χ0) is 30.8. The number of ketones is 1. The monoisotopic (exact) mass is 654 g/mol. The molecule has 2 heterocycles. The first-order chi connectivity index (χ1) is 19.8. The smallest absolute Gasteiger partial charge is 0.324 e. The number of hydrogen-bond donors (Lipinski definition) is 2. The number of benzene rings is 2. The third-order valence-electron chi connectivity index (χ3n) is 6.53. The number of aromatic nitrogens is 2. The molecule has 0 bridgehead atoms. The predicted molar refractivity (Wildman–Crippen MR) is 164 cm³/mol. The highest BCUT2D eigenvalue weighted by Gasteiger charge is 2.27. The van der Waals surface area contributed by atoms with E-state index in [4.69, 9.17) is 22.1 Å². The normalized spacial score (nSPS) is 12.2. The van der Waals surface area contributed by atoms with Gasteiger partial charge in [0.2, 0.25) is 15.8 Å². The summed E-state index contributed by atoms with van der Waals surface area (Å²) in [7, 11) is -3.93. The summed E-state index contributed by atoms with van der Waals surface area (Å²) >= 11 is 6.01. The highest BCUT2D eigenvalue weighted by atomic mass is 35.5. The summed E-state index contributed by atoms with van der Waals surface area (Å²) in [4.78, 5) is 30.6. The van der Waals surface area contributed by atoms with Crippen LogP contribution >= 0.6 is 24.0 Å². The first-order valence-corrected chi connectivity index (χ1v) is 15.1. The van der Waals surface area contributed by atoms with Crippen LogP contribution in [-0.2, 0) is 26.3 Å². The second-order valence-electron chi connectivity index (χ2n) is 10.0. The highest BCUT2D eigenvalue weighted by Crippen LogP contribution is 2.31. The summed E-state index contributed by atoms with van der Waals surface area (Å²) in [6.07, 6.45) is 3.06. The molecule has 43 heavy (non-hydrogen) atoms. The van der Waals surface area contributed by atoms with Crippen LogP contribution in [0, 0.1) is 17.6 Å². The van der Waals surface area contributed by atoms with Crippen LogP contribution in [0.15, 0.2) is 54.9 Å². The zero-order valence-corrected chi connectivity index (χ0v) is 25.8. The third-order valence-corrected chi connectivity index (χ3v) is 8.26. The maximum atomic E-state index is 15.5. The molecule has 14 heteroatoms. The Morgan fingerprint density at radius 1 is 1.12 bits per heavy atom. The molecule has 230 valence electrons. The van der Waals surface area contributed by atoms with Gasteiger partial charge in [-0.05, 0) is 48.2 Å². The van der Waals surface area contributed by atoms with Gasteiger partial charge in [-0.2, -0.15) is 0 Å². The first-order valence-electron chi connectivity index (χ1n) is 13.0. The van der Waals surface area contributed by atoms with Crippen molar-refractivity contribution in [1.29, 1.82) is 0 Å². The number of esters is 1. The van der Waals surface area contributed by atoms with Gasteiger partial charge in [-0.1, -0.05) is 44.5 Å². The maximum Gasteiger partial charge on any atom is 0.324 e. The maximum absolute atomic E-state index is 15.5. The fraction of sp³-hybridized carbons (Fsp3) is 0.276. The summed E-state index contributed by atoms with van der Waals surface area (Å²) in [6.45, 7) is 4.77. The van der Waals surface area contributed by atoms with Crippen LogP contribution in [0.25, 0.3) is 22.2 Å². The number of halogens is 4. The SMILES string of the molecule is CCCS(=O)(=O)Nc1ccc(F)c(C(=O)c2cn(COC(=O)C(N)C(C)C)c3ncc(-c4ccc(Cl)cc4)cc23)c1F.Cl. The highest BCUT2D eigenvalue weighted by molar-refractivity contribution is 7.92. The number of sulfonamides is 1. The molecule has 0 saturated heterocycles. The Labute approximate surface area is 258 Å². The van der Waals surface area contributed by atoms with Crippen molar-refractivity contribution in [2.24, 2.45) is 11.7 Å². The summed E-state index contributed by atoms with van der Waals surface area (Å²) in [6, 6.07) is 9.27. The van der Waals surface area contributed by atoms with Gasteiger partial charge >= 0.3 is 5.97 Å². The van der Waals surface area contributed by atoms with Crippen LogP contribution in [0.2, 0.25) is 5.02 Å². The molecule has 0 aliphatic carbocycles. The molecule has 1 unspecified atom stereocenters. The lowest BCUT2D eigenvalue weighted by Crippen LogP contribution is -2.37. The van der Waals surface area contributed by atoms with Gasteiger partial charge in [0, 0.05) is 28.4 Å². The molecule has 4 aromatic rings. The number of nitrogens with two attached hydrogens (primary N) is 1. The molecule has 3 N–H and O–H groups in total. The molecule has 9 nitrogen and oxygen atoms in total. The summed E-state index contributed by atoms with van der Waals surface area (Å²) in [5, 5.41) is 0.726. The molecule has 2 aromatic heterocycles. The molecule has 4 rings (SSSR count). The van der Waals surface area contributed by atoms with E-state index in [-0.39, 0.29) is 53.8 Å². The van der Waals surface area contributed by atoms with Gasteiger partial charge in [0.1, 0.15) is 17.5 Å². The second-order valence-corrected chi connectivity index (χ2v) is 12.3. The number of nitrogens with one attached hydrogen (secondary N) is 1. The minimum atomic E-state index is -3.93. The van der Waals surface area contributed by atoms with E-state index in [1.165, 1.54) is 17.0 Å². The van der Waals surface area contributed by atoms with Gasteiger partial charge in [0.05, 0.1) is 22.6 Å². The topological polar surface area (TPSA) is 133 Å². The van der Waals surface area contributed by atoms with Crippen molar-refractivity contribution in [2.45, 2.75) is 40.0 Å². The number of carbonyl (C=O) groups excluding carboxylic acids is 2. The van der Waals surface area contributed by atoms with E-state index in [1.807, 2.05) is 0 Å². The fourth-order valence-electron chi connectivity index (χ4n) is 4.21. The molecule has 0 aliphatic rings. The number of rotatable bonds is 11. The van der Waals surface area contributed by atoms with E-state index < -0.39 is 50.7 Å². The molecule has 0 amide bonds. The quantitative estimate of drug-likeness (QED) is 0.151. The van der Waals surface area contributed by atoms with Gasteiger partial charge in [-0.25, -0.2) is 22.2 Å². The number of ether oxygens (including phenoxy) is 1. The van der Waals surface area contributed by atoms with E-state index >= 15 is 4.39 Å². The molecule has 0 radical (unpaired) electrons. The molecule has 0 aliphatic heterocycles. The first kappa shape index (κ1) is 33.9. The molecule has 2 aromatic carbocycles. The molecular formula is C29H30Cl2F2N4O5S. The number of anilines is 1. The Morgan fingerprint density at radius 2 is 1.79 bits per heavy atom. The summed E-state index contributed by atoms with van der Waals surface area (Å²) in [5.74, 6) is -4.78.